The van der Waals surface area contributed by atoms with Crippen LogP contribution in [0.3, 0.4) is 0 Å². The van der Waals surface area contributed by atoms with E-state index in [0.717, 1.165) is 21.9 Å². The minimum atomic E-state index is -0.662. The van der Waals surface area contributed by atoms with Crippen molar-refractivity contribution in [1.29, 1.82) is 0 Å². The summed E-state index contributed by atoms with van der Waals surface area (Å²) in [6, 6.07) is 18.8. The number of hydrogen-bond acceptors (Lipinski definition) is 7. The standard InChI is InChI=1S/C28H22N2O5S/c1-3-33-27(32)24-16(2)29-28-30(25(24)20-10-6-8-18-7-4-5-9-19(18)20)26(31)23(36-28)14-17-11-12-21-22(13-17)35-15-34-21/h4-14,25H,3,15H2,1-2H3/b23-14+. The minimum absolute atomic E-state index is 0.182. The molecule has 8 heteroatoms. The second kappa shape index (κ2) is 8.80. The largest absolute Gasteiger partial charge is 0.463 e. The highest BCUT2D eigenvalue weighted by atomic mass is 32.1. The number of rotatable bonds is 4. The van der Waals surface area contributed by atoms with Crippen molar-refractivity contribution in [1.82, 2.24) is 4.57 Å². The summed E-state index contributed by atoms with van der Waals surface area (Å²) in [4.78, 5) is 32.2. The van der Waals surface area contributed by atoms with Crippen molar-refractivity contribution in [2.45, 2.75) is 19.9 Å². The highest BCUT2D eigenvalue weighted by Gasteiger charge is 2.34. The van der Waals surface area contributed by atoms with Gasteiger partial charge in [0.1, 0.15) is 0 Å². The molecule has 0 saturated heterocycles. The lowest BCUT2D eigenvalue weighted by Crippen LogP contribution is -2.40. The van der Waals surface area contributed by atoms with Crippen molar-refractivity contribution in [2.24, 2.45) is 4.99 Å². The lowest BCUT2D eigenvalue weighted by Gasteiger charge is -2.25. The van der Waals surface area contributed by atoms with Crippen molar-refractivity contribution in [3.05, 3.63) is 103 Å². The lowest BCUT2D eigenvalue weighted by molar-refractivity contribution is -0.139. The monoisotopic (exact) mass is 498 g/mol. The van der Waals surface area contributed by atoms with Crippen LogP contribution in [0.5, 0.6) is 11.5 Å². The van der Waals surface area contributed by atoms with Gasteiger partial charge in [-0.3, -0.25) is 9.36 Å². The topological polar surface area (TPSA) is 79.1 Å². The van der Waals surface area contributed by atoms with E-state index in [1.807, 2.05) is 66.7 Å². The SMILES string of the molecule is CCOC(=O)C1=C(C)N=c2s/c(=C/c3ccc4c(c3)OCO4)c(=O)n2C1c1cccc2ccccc12. The number of aromatic nitrogens is 1. The molecular formula is C28H22N2O5S. The Morgan fingerprint density at radius 1 is 1.14 bits per heavy atom. The second-order valence-electron chi connectivity index (χ2n) is 8.48. The number of carbonyl (C=O) groups excluding carboxylic acids is 1. The molecule has 2 aliphatic heterocycles. The van der Waals surface area contributed by atoms with E-state index in [9.17, 15) is 9.59 Å². The number of hydrogen-bond donors (Lipinski definition) is 0. The molecule has 0 bridgehead atoms. The van der Waals surface area contributed by atoms with Crippen molar-refractivity contribution < 1.29 is 19.0 Å². The number of nitrogens with zero attached hydrogens (tertiary/aromatic N) is 2. The minimum Gasteiger partial charge on any atom is -0.463 e. The van der Waals surface area contributed by atoms with Gasteiger partial charge in [-0.25, -0.2) is 9.79 Å². The van der Waals surface area contributed by atoms with Gasteiger partial charge in [-0.2, -0.15) is 0 Å². The van der Waals surface area contributed by atoms with Gasteiger partial charge in [-0.1, -0.05) is 59.9 Å². The number of ether oxygens (including phenoxy) is 3. The molecular weight excluding hydrogens is 476 g/mol. The molecule has 7 nitrogen and oxygen atoms in total. The van der Waals surface area contributed by atoms with Crippen molar-refractivity contribution in [3.8, 4) is 11.5 Å². The van der Waals surface area contributed by atoms with Gasteiger partial charge in [0.05, 0.1) is 28.5 Å². The van der Waals surface area contributed by atoms with Gasteiger partial charge in [0.2, 0.25) is 6.79 Å². The van der Waals surface area contributed by atoms with Gasteiger partial charge >= 0.3 is 5.97 Å². The number of esters is 1. The van der Waals surface area contributed by atoms with E-state index in [1.54, 1.807) is 18.4 Å². The highest BCUT2D eigenvalue weighted by molar-refractivity contribution is 7.07. The first-order chi connectivity index (χ1) is 17.5. The van der Waals surface area contributed by atoms with Crippen LogP contribution in [0.25, 0.3) is 16.8 Å². The summed E-state index contributed by atoms with van der Waals surface area (Å²) in [7, 11) is 0. The molecule has 0 aliphatic carbocycles. The zero-order valence-corrected chi connectivity index (χ0v) is 20.5. The number of fused-ring (bicyclic) bond motifs is 3. The van der Waals surface area contributed by atoms with Crippen LogP contribution >= 0.6 is 11.3 Å². The number of allylic oxidation sites excluding steroid dienone is 1. The predicted octanol–water partition coefficient (Wildman–Crippen LogP) is 3.68. The van der Waals surface area contributed by atoms with Crippen molar-refractivity contribution in [2.75, 3.05) is 13.4 Å². The second-order valence-corrected chi connectivity index (χ2v) is 9.49. The first-order valence-electron chi connectivity index (χ1n) is 11.6. The maximum absolute atomic E-state index is 13.9. The Labute approximate surface area is 210 Å². The molecule has 4 aromatic rings. The molecule has 2 aliphatic rings. The fourth-order valence-corrected chi connectivity index (χ4v) is 5.78. The van der Waals surface area contributed by atoms with Gasteiger partial charge in [-0.15, -0.1) is 0 Å². The van der Waals surface area contributed by atoms with E-state index in [1.165, 1.54) is 11.3 Å². The van der Waals surface area contributed by atoms with E-state index in [0.29, 0.717) is 32.1 Å². The number of thiazole rings is 1. The van der Waals surface area contributed by atoms with Crippen LogP contribution in [-0.2, 0) is 9.53 Å². The van der Waals surface area contributed by atoms with E-state index < -0.39 is 12.0 Å². The van der Waals surface area contributed by atoms with Crippen LogP contribution in [0.2, 0.25) is 0 Å². The van der Waals surface area contributed by atoms with Crippen LogP contribution in [0.15, 0.2) is 81.7 Å². The normalized spacial score (nSPS) is 16.7. The quantitative estimate of drug-likeness (QED) is 0.401. The molecule has 0 spiro atoms. The Morgan fingerprint density at radius 3 is 2.81 bits per heavy atom. The molecule has 180 valence electrons. The fourth-order valence-electron chi connectivity index (χ4n) is 4.73. The molecule has 0 saturated carbocycles. The van der Waals surface area contributed by atoms with Crippen molar-refractivity contribution in [3.63, 3.8) is 0 Å². The molecule has 6 rings (SSSR count). The molecule has 1 atom stereocenters. The van der Waals surface area contributed by atoms with E-state index in [4.69, 9.17) is 14.2 Å². The van der Waals surface area contributed by atoms with Gasteiger partial charge in [0.15, 0.2) is 16.3 Å². The molecule has 0 fully saturated rings. The predicted molar refractivity (Wildman–Crippen MR) is 137 cm³/mol. The molecule has 0 amide bonds. The summed E-state index contributed by atoms with van der Waals surface area (Å²) in [6.07, 6.45) is 1.81. The van der Waals surface area contributed by atoms with E-state index in [2.05, 4.69) is 4.99 Å². The van der Waals surface area contributed by atoms with Crippen LogP contribution in [0, 0.1) is 0 Å². The summed E-state index contributed by atoms with van der Waals surface area (Å²) in [5.74, 6) is 0.853. The fraction of sp³-hybridized carbons (Fsp3) is 0.179. The van der Waals surface area contributed by atoms with Crippen LogP contribution in [-0.4, -0.2) is 23.9 Å². The lowest BCUT2D eigenvalue weighted by atomic mass is 9.91. The summed E-state index contributed by atoms with van der Waals surface area (Å²) < 4.78 is 18.4. The molecule has 36 heavy (non-hydrogen) atoms. The van der Waals surface area contributed by atoms with Gasteiger partial charge < -0.3 is 14.2 Å². The van der Waals surface area contributed by atoms with Crippen molar-refractivity contribution >= 4 is 34.2 Å². The Bertz CT molecular complexity index is 1740. The number of benzene rings is 3. The molecule has 0 radical (unpaired) electrons. The van der Waals surface area contributed by atoms with E-state index >= 15 is 0 Å². The highest BCUT2D eigenvalue weighted by Crippen LogP contribution is 2.35. The zero-order chi connectivity index (χ0) is 24.8. The third-order valence-electron chi connectivity index (χ3n) is 6.33. The smallest absolute Gasteiger partial charge is 0.338 e. The van der Waals surface area contributed by atoms with E-state index in [-0.39, 0.29) is 19.0 Å². The van der Waals surface area contributed by atoms with Gasteiger partial charge in [0.25, 0.3) is 5.56 Å². The third kappa shape index (κ3) is 3.61. The average Bonchev–Trinajstić information content (AvgIpc) is 3.47. The summed E-state index contributed by atoms with van der Waals surface area (Å²) >= 11 is 1.29. The molecule has 3 aromatic carbocycles. The third-order valence-corrected chi connectivity index (χ3v) is 7.31. The maximum Gasteiger partial charge on any atom is 0.338 e. The Morgan fingerprint density at radius 2 is 1.94 bits per heavy atom. The maximum atomic E-state index is 13.9. The Kier molecular flexibility index (Phi) is 5.45. The zero-order valence-electron chi connectivity index (χ0n) is 19.7. The number of carbonyl (C=O) groups is 1. The first kappa shape index (κ1) is 22.3. The molecule has 0 N–H and O–H groups in total. The van der Waals surface area contributed by atoms with Gasteiger partial charge in [0, 0.05) is 0 Å². The molecule has 1 unspecified atom stereocenters. The Balaban J connectivity index is 1.59. The Hall–Kier alpha value is -4.17. The van der Waals surface area contributed by atoms with Crippen LogP contribution in [0.1, 0.15) is 31.0 Å². The summed E-state index contributed by atoms with van der Waals surface area (Å²) in [5, 5.41) is 1.99. The summed E-state index contributed by atoms with van der Waals surface area (Å²) in [5.41, 5.74) is 2.36. The van der Waals surface area contributed by atoms with Crippen LogP contribution in [0.4, 0.5) is 0 Å². The van der Waals surface area contributed by atoms with Crippen LogP contribution < -0.4 is 24.4 Å². The summed E-state index contributed by atoms with van der Waals surface area (Å²) in [6.45, 7) is 3.97. The average molecular weight is 499 g/mol. The first-order valence-corrected chi connectivity index (χ1v) is 12.4. The molecule has 3 heterocycles. The van der Waals surface area contributed by atoms with Gasteiger partial charge in [-0.05, 0) is 54.0 Å². The molecule has 1 aromatic heterocycles.